The van der Waals surface area contributed by atoms with Gasteiger partial charge < -0.3 is 5.11 Å². The monoisotopic (exact) mass is 347 g/mol. The van der Waals surface area contributed by atoms with E-state index in [9.17, 15) is 13.9 Å². The second kappa shape index (κ2) is 4.95. The molecule has 0 spiro atoms. The van der Waals surface area contributed by atoms with E-state index in [2.05, 4.69) is 4.98 Å². The standard InChI is InChI=1S/C12H8F2INO/c13-12(14)10-6-8(3-4-16-10)7-1-2-11(17)9(15)5-7/h1-6,12,17H. The van der Waals surface area contributed by atoms with Crippen LogP contribution < -0.4 is 0 Å². The zero-order valence-electron chi connectivity index (χ0n) is 8.57. The topological polar surface area (TPSA) is 33.1 Å². The molecule has 0 aliphatic heterocycles. The molecular weight excluding hydrogens is 339 g/mol. The fraction of sp³-hybridized carbons (Fsp3) is 0.0833. The zero-order chi connectivity index (χ0) is 12.4. The summed E-state index contributed by atoms with van der Waals surface area (Å²) < 4.78 is 25.7. The lowest BCUT2D eigenvalue weighted by atomic mass is 10.1. The van der Waals surface area contributed by atoms with Gasteiger partial charge in [-0.05, 0) is 58.0 Å². The largest absolute Gasteiger partial charge is 0.507 e. The molecule has 1 heterocycles. The van der Waals surface area contributed by atoms with Crippen molar-refractivity contribution in [2.24, 2.45) is 0 Å². The molecule has 1 N–H and O–H groups in total. The Morgan fingerprint density at radius 2 is 1.82 bits per heavy atom. The molecule has 0 saturated carbocycles. The number of benzene rings is 1. The summed E-state index contributed by atoms with van der Waals surface area (Å²) in [7, 11) is 0. The minimum absolute atomic E-state index is 0.178. The van der Waals surface area contributed by atoms with Crippen LogP contribution in [0.1, 0.15) is 12.1 Å². The van der Waals surface area contributed by atoms with Crippen molar-refractivity contribution < 1.29 is 13.9 Å². The van der Waals surface area contributed by atoms with Gasteiger partial charge in [-0.1, -0.05) is 6.07 Å². The predicted octanol–water partition coefficient (Wildman–Crippen LogP) is 4.00. The number of halogens is 3. The molecule has 1 aromatic heterocycles. The number of rotatable bonds is 2. The van der Waals surface area contributed by atoms with E-state index in [4.69, 9.17) is 0 Å². The van der Waals surface area contributed by atoms with Crippen LogP contribution in [0.5, 0.6) is 5.75 Å². The Bertz CT molecular complexity index is 546. The first kappa shape index (κ1) is 12.2. The molecule has 0 atom stereocenters. The predicted molar refractivity (Wildman–Crippen MR) is 69.0 cm³/mol. The van der Waals surface area contributed by atoms with E-state index >= 15 is 0 Å². The number of pyridine rings is 1. The molecule has 0 bridgehead atoms. The van der Waals surface area contributed by atoms with Gasteiger partial charge in [0.25, 0.3) is 6.43 Å². The first-order chi connectivity index (χ1) is 8.08. The Labute approximate surface area is 110 Å². The van der Waals surface area contributed by atoms with E-state index in [0.717, 1.165) is 5.56 Å². The minimum atomic E-state index is -2.58. The molecule has 1 aromatic carbocycles. The molecule has 88 valence electrons. The maximum atomic E-state index is 12.5. The van der Waals surface area contributed by atoms with Crippen LogP contribution in [0.15, 0.2) is 36.5 Å². The molecule has 2 rings (SSSR count). The van der Waals surface area contributed by atoms with Gasteiger partial charge in [0.15, 0.2) is 0 Å². The van der Waals surface area contributed by atoms with Crippen molar-refractivity contribution in [3.63, 3.8) is 0 Å². The van der Waals surface area contributed by atoms with Crippen molar-refractivity contribution in [1.29, 1.82) is 0 Å². The Morgan fingerprint density at radius 3 is 2.47 bits per heavy atom. The molecule has 0 aliphatic carbocycles. The fourth-order valence-corrected chi connectivity index (χ4v) is 1.95. The normalized spacial score (nSPS) is 10.8. The molecule has 5 heteroatoms. The SMILES string of the molecule is Oc1ccc(-c2ccnc(C(F)F)c2)cc1I. The Kier molecular flexibility index (Phi) is 3.56. The molecule has 0 amide bonds. The maximum absolute atomic E-state index is 12.5. The minimum Gasteiger partial charge on any atom is -0.507 e. The lowest BCUT2D eigenvalue weighted by molar-refractivity contribution is 0.146. The average molecular weight is 347 g/mol. The van der Waals surface area contributed by atoms with E-state index in [1.807, 2.05) is 22.6 Å². The van der Waals surface area contributed by atoms with Crippen LogP contribution in [0.25, 0.3) is 11.1 Å². The average Bonchev–Trinajstić information content (AvgIpc) is 2.33. The van der Waals surface area contributed by atoms with Crippen LogP contribution >= 0.6 is 22.6 Å². The third-order valence-electron chi connectivity index (χ3n) is 2.29. The molecule has 0 unspecified atom stereocenters. The maximum Gasteiger partial charge on any atom is 0.280 e. The first-order valence-corrected chi connectivity index (χ1v) is 5.89. The van der Waals surface area contributed by atoms with Crippen LogP contribution in [0, 0.1) is 3.57 Å². The van der Waals surface area contributed by atoms with Crippen LogP contribution in [-0.2, 0) is 0 Å². The van der Waals surface area contributed by atoms with Crippen molar-refractivity contribution in [1.82, 2.24) is 4.98 Å². The lowest BCUT2D eigenvalue weighted by Gasteiger charge is -2.05. The third-order valence-corrected chi connectivity index (χ3v) is 3.15. The molecule has 2 aromatic rings. The van der Waals surface area contributed by atoms with E-state index in [-0.39, 0.29) is 11.4 Å². The highest BCUT2D eigenvalue weighted by Crippen LogP contribution is 2.28. The van der Waals surface area contributed by atoms with Crippen molar-refractivity contribution in [2.45, 2.75) is 6.43 Å². The fourth-order valence-electron chi connectivity index (χ4n) is 1.43. The lowest BCUT2D eigenvalue weighted by Crippen LogP contribution is -1.90. The number of phenols is 1. The summed E-state index contributed by atoms with van der Waals surface area (Å²) in [6.45, 7) is 0. The summed E-state index contributed by atoms with van der Waals surface area (Å²) in [6.07, 6.45) is -1.22. The van der Waals surface area contributed by atoms with Gasteiger partial charge in [0.1, 0.15) is 11.4 Å². The number of hydrogen-bond donors (Lipinski definition) is 1. The molecular formula is C12H8F2INO. The summed E-state index contributed by atoms with van der Waals surface area (Å²) in [6, 6.07) is 7.98. The van der Waals surface area contributed by atoms with Gasteiger partial charge in [0, 0.05) is 6.20 Å². The highest BCUT2D eigenvalue weighted by atomic mass is 127. The number of aromatic hydroxyl groups is 1. The summed E-state index contributed by atoms with van der Waals surface area (Å²) >= 11 is 1.99. The smallest absolute Gasteiger partial charge is 0.280 e. The number of alkyl halides is 2. The number of hydrogen-bond acceptors (Lipinski definition) is 2. The summed E-state index contributed by atoms with van der Waals surface area (Å²) in [5.41, 5.74) is 1.19. The number of aromatic nitrogens is 1. The van der Waals surface area contributed by atoms with Gasteiger partial charge in [0.05, 0.1) is 3.57 Å². The van der Waals surface area contributed by atoms with Crippen LogP contribution in [0.4, 0.5) is 8.78 Å². The number of nitrogens with zero attached hydrogens (tertiary/aromatic N) is 1. The van der Waals surface area contributed by atoms with Gasteiger partial charge in [0.2, 0.25) is 0 Å². The Balaban J connectivity index is 2.45. The molecule has 0 saturated heterocycles. The van der Waals surface area contributed by atoms with Crippen LogP contribution in [0.2, 0.25) is 0 Å². The van der Waals surface area contributed by atoms with Crippen LogP contribution in [0.3, 0.4) is 0 Å². The highest BCUT2D eigenvalue weighted by molar-refractivity contribution is 14.1. The van der Waals surface area contributed by atoms with Gasteiger partial charge in [-0.2, -0.15) is 0 Å². The van der Waals surface area contributed by atoms with E-state index in [0.29, 0.717) is 9.13 Å². The molecule has 17 heavy (non-hydrogen) atoms. The van der Waals surface area contributed by atoms with Gasteiger partial charge in [-0.25, -0.2) is 8.78 Å². The highest BCUT2D eigenvalue weighted by Gasteiger charge is 2.10. The first-order valence-electron chi connectivity index (χ1n) is 4.81. The summed E-state index contributed by atoms with van der Waals surface area (Å²) in [5, 5.41) is 9.39. The Morgan fingerprint density at radius 1 is 1.12 bits per heavy atom. The van der Waals surface area contributed by atoms with Gasteiger partial charge in [-0.15, -0.1) is 0 Å². The van der Waals surface area contributed by atoms with E-state index < -0.39 is 6.43 Å². The molecule has 0 fully saturated rings. The summed E-state index contributed by atoms with van der Waals surface area (Å²) in [4.78, 5) is 3.60. The number of phenolic OH excluding ortho intramolecular Hbond substituents is 1. The third kappa shape index (κ3) is 2.71. The van der Waals surface area contributed by atoms with Gasteiger partial charge in [-0.3, -0.25) is 4.98 Å². The van der Waals surface area contributed by atoms with E-state index in [1.54, 1.807) is 24.3 Å². The van der Waals surface area contributed by atoms with Crippen LogP contribution in [-0.4, -0.2) is 10.1 Å². The summed E-state index contributed by atoms with van der Waals surface area (Å²) in [5.74, 6) is 0.178. The molecule has 2 nitrogen and oxygen atoms in total. The second-order valence-corrected chi connectivity index (χ2v) is 4.60. The molecule has 0 aliphatic rings. The van der Waals surface area contributed by atoms with E-state index in [1.165, 1.54) is 12.3 Å². The zero-order valence-corrected chi connectivity index (χ0v) is 10.7. The quantitative estimate of drug-likeness (QED) is 0.834. The van der Waals surface area contributed by atoms with Crippen molar-refractivity contribution >= 4 is 22.6 Å². The van der Waals surface area contributed by atoms with Crippen molar-refractivity contribution in [3.8, 4) is 16.9 Å². The van der Waals surface area contributed by atoms with Crippen molar-refractivity contribution in [2.75, 3.05) is 0 Å². The second-order valence-electron chi connectivity index (χ2n) is 3.44. The van der Waals surface area contributed by atoms with Gasteiger partial charge >= 0.3 is 0 Å². The molecule has 0 radical (unpaired) electrons. The Hall–Kier alpha value is -1.24. The van der Waals surface area contributed by atoms with Crippen molar-refractivity contribution in [3.05, 3.63) is 45.8 Å².